The molecular formula is C13H26O. The van der Waals surface area contributed by atoms with Crippen LogP contribution in [0.25, 0.3) is 0 Å². The molecular weight excluding hydrogens is 172 g/mol. The average Bonchev–Trinajstić information content (AvgIpc) is 2.25. The fourth-order valence-corrected chi connectivity index (χ4v) is 2.64. The summed E-state index contributed by atoms with van der Waals surface area (Å²) in [4.78, 5) is 0. The van der Waals surface area contributed by atoms with E-state index in [1.54, 1.807) is 0 Å². The molecule has 1 saturated heterocycles. The van der Waals surface area contributed by atoms with Crippen molar-refractivity contribution in [3.05, 3.63) is 0 Å². The van der Waals surface area contributed by atoms with E-state index in [-0.39, 0.29) is 0 Å². The summed E-state index contributed by atoms with van der Waals surface area (Å²) in [5.74, 6) is 1.96. The summed E-state index contributed by atoms with van der Waals surface area (Å²) in [7, 11) is 0. The van der Waals surface area contributed by atoms with Gasteiger partial charge in [0.05, 0.1) is 0 Å². The highest BCUT2D eigenvalue weighted by Gasteiger charge is 2.22. The molecule has 1 aliphatic rings. The Kier molecular flexibility index (Phi) is 6.25. The van der Waals surface area contributed by atoms with Gasteiger partial charge in [0.25, 0.3) is 0 Å². The highest BCUT2D eigenvalue weighted by atomic mass is 16.5. The van der Waals surface area contributed by atoms with E-state index in [0.717, 1.165) is 25.0 Å². The van der Waals surface area contributed by atoms with Crippen LogP contribution in [0.15, 0.2) is 0 Å². The Morgan fingerprint density at radius 1 is 1.07 bits per heavy atom. The Hall–Kier alpha value is -0.0400. The molecule has 0 saturated carbocycles. The minimum atomic E-state index is 0.968. The number of unbranched alkanes of at least 4 members (excludes halogenated alkanes) is 1. The van der Waals surface area contributed by atoms with Crippen molar-refractivity contribution in [3.8, 4) is 0 Å². The summed E-state index contributed by atoms with van der Waals surface area (Å²) >= 11 is 0. The molecule has 1 fully saturated rings. The molecule has 14 heavy (non-hydrogen) atoms. The van der Waals surface area contributed by atoms with Crippen LogP contribution in [0.1, 0.15) is 58.8 Å². The predicted octanol–water partition coefficient (Wildman–Crippen LogP) is 4.02. The van der Waals surface area contributed by atoms with Gasteiger partial charge in [-0.15, -0.1) is 0 Å². The molecule has 0 aromatic rings. The van der Waals surface area contributed by atoms with E-state index in [1.807, 2.05) is 0 Å². The normalized spacial score (nSPS) is 21.0. The van der Waals surface area contributed by atoms with E-state index < -0.39 is 0 Å². The molecule has 0 aromatic heterocycles. The van der Waals surface area contributed by atoms with Gasteiger partial charge in [-0.2, -0.15) is 0 Å². The zero-order chi connectivity index (χ0) is 10.2. The predicted molar refractivity (Wildman–Crippen MR) is 61.5 cm³/mol. The van der Waals surface area contributed by atoms with Gasteiger partial charge in [-0.3, -0.25) is 0 Å². The number of rotatable bonds is 6. The third-order valence-corrected chi connectivity index (χ3v) is 3.52. The van der Waals surface area contributed by atoms with Crippen LogP contribution < -0.4 is 0 Å². The molecule has 0 bridgehead atoms. The van der Waals surface area contributed by atoms with Crippen LogP contribution in [0.4, 0.5) is 0 Å². The Morgan fingerprint density at radius 3 is 2.36 bits per heavy atom. The number of hydrogen-bond donors (Lipinski definition) is 0. The summed E-state index contributed by atoms with van der Waals surface area (Å²) in [6, 6.07) is 0. The molecule has 0 amide bonds. The standard InChI is InChI=1S/C13H26O/c1-3-5-7-12(6-4-2)13-8-10-14-11-9-13/h12-13H,3-11H2,1-2H3/t12-/m1/s1. The van der Waals surface area contributed by atoms with Crippen LogP contribution in [-0.2, 0) is 4.74 Å². The van der Waals surface area contributed by atoms with Crippen molar-refractivity contribution in [2.45, 2.75) is 58.8 Å². The van der Waals surface area contributed by atoms with Gasteiger partial charge in [0.1, 0.15) is 0 Å². The van der Waals surface area contributed by atoms with Crippen molar-refractivity contribution in [3.63, 3.8) is 0 Å². The van der Waals surface area contributed by atoms with Gasteiger partial charge in [-0.05, 0) is 24.7 Å². The average molecular weight is 198 g/mol. The molecule has 1 nitrogen and oxygen atoms in total. The second kappa shape index (κ2) is 7.28. The molecule has 1 rings (SSSR count). The quantitative estimate of drug-likeness (QED) is 0.626. The van der Waals surface area contributed by atoms with E-state index in [9.17, 15) is 0 Å². The summed E-state index contributed by atoms with van der Waals surface area (Å²) in [6.45, 7) is 6.64. The third-order valence-electron chi connectivity index (χ3n) is 3.52. The molecule has 1 atom stereocenters. The molecule has 0 aromatic carbocycles. The number of hydrogen-bond acceptors (Lipinski definition) is 1. The van der Waals surface area contributed by atoms with Crippen LogP contribution >= 0.6 is 0 Å². The summed E-state index contributed by atoms with van der Waals surface area (Å²) < 4.78 is 5.43. The molecule has 84 valence electrons. The van der Waals surface area contributed by atoms with Crippen molar-refractivity contribution in [2.24, 2.45) is 11.8 Å². The zero-order valence-corrected chi connectivity index (χ0v) is 9.93. The van der Waals surface area contributed by atoms with E-state index >= 15 is 0 Å². The molecule has 1 aliphatic heterocycles. The van der Waals surface area contributed by atoms with Gasteiger partial charge in [0.2, 0.25) is 0 Å². The van der Waals surface area contributed by atoms with Gasteiger partial charge < -0.3 is 4.74 Å². The van der Waals surface area contributed by atoms with Crippen LogP contribution in [0, 0.1) is 11.8 Å². The lowest BCUT2D eigenvalue weighted by molar-refractivity contribution is 0.0426. The topological polar surface area (TPSA) is 9.23 Å². The maximum absolute atomic E-state index is 5.43. The SMILES string of the molecule is CCCC[C@@H](CCC)C1CCOCC1. The molecule has 1 heteroatoms. The maximum atomic E-state index is 5.43. The Morgan fingerprint density at radius 2 is 1.79 bits per heavy atom. The van der Waals surface area contributed by atoms with Gasteiger partial charge in [-0.25, -0.2) is 0 Å². The lowest BCUT2D eigenvalue weighted by atomic mass is 9.80. The van der Waals surface area contributed by atoms with E-state index in [0.29, 0.717) is 0 Å². The first kappa shape index (κ1) is 12.0. The second-order valence-electron chi connectivity index (χ2n) is 4.64. The Labute approximate surface area is 89.2 Å². The summed E-state index contributed by atoms with van der Waals surface area (Å²) in [5.41, 5.74) is 0. The highest BCUT2D eigenvalue weighted by molar-refractivity contribution is 4.72. The van der Waals surface area contributed by atoms with Crippen LogP contribution in [0.5, 0.6) is 0 Å². The first-order chi connectivity index (χ1) is 6.88. The molecule has 0 spiro atoms. The van der Waals surface area contributed by atoms with Crippen LogP contribution in [-0.4, -0.2) is 13.2 Å². The van der Waals surface area contributed by atoms with E-state index in [1.165, 1.54) is 44.9 Å². The minimum Gasteiger partial charge on any atom is -0.381 e. The molecule has 0 N–H and O–H groups in total. The minimum absolute atomic E-state index is 0.968. The van der Waals surface area contributed by atoms with Gasteiger partial charge in [0, 0.05) is 13.2 Å². The Balaban J connectivity index is 2.30. The van der Waals surface area contributed by atoms with Crippen molar-refractivity contribution in [2.75, 3.05) is 13.2 Å². The zero-order valence-electron chi connectivity index (χ0n) is 9.93. The lowest BCUT2D eigenvalue weighted by Gasteiger charge is -2.30. The van der Waals surface area contributed by atoms with Gasteiger partial charge in [-0.1, -0.05) is 46.0 Å². The second-order valence-corrected chi connectivity index (χ2v) is 4.64. The monoisotopic (exact) mass is 198 g/mol. The maximum Gasteiger partial charge on any atom is 0.0468 e. The first-order valence-electron chi connectivity index (χ1n) is 6.46. The van der Waals surface area contributed by atoms with Crippen molar-refractivity contribution >= 4 is 0 Å². The summed E-state index contributed by atoms with van der Waals surface area (Å²) in [5, 5.41) is 0. The van der Waals surface area contributed by atoms with E-state index in [2.05, 4.69) is 13.8 Å². The fraction of sp³-hybridized carbons (Fsp3) is 1.00. The molecule has 0 radical (unpaired) electrons. The molecule has 0 aliphatic carbocycles. The van der Waals surface area contributed by atoms with Crippen molar-refractivity contribution < 1.29 is 4.74 Å². The third kappa shape index (κ3) is 4.00. The fourth-order valence-electron chi connectivity index (χ4n) is 2.64. The van der Waals surface area contributed by atoms with E-state index in [4.69, 9.17) is 4.74 Å². The molecule has 0 unspecified atom stereocenters. The smallest absolute Gasteiger partial charge is 0.0468 e. The largest absolute Gasteiger partial charge is 0.381 e. The Bertz CT molecular complexity index is 127. The van der Waals surface area contributed by atoms with Gasteiger partial charge in [0.15, 0.2) is 0 Å². The number of ether oxygens (including phenoxy) is 1. The first-order valence-corrected chi connectivity index (χ1v) is 6.46. The molecule has 1 heterocycles. The van der Waals surface area contributed by atoms with Crippen LogP contribution in [0.2, 0.25) is 0 Å². The van der Waals surface area contributed by atoms with Crippen molar-refractivity contribution in [1.29, 1.82) is 0 Å². The van der Waals surface area contributed by atoms with Gasteiger partial charge >= 0.3 is 0 Å². The highest BCUT2D eigenvalue weighted by Crippen LogP contribution is 2.30. The summed E-state index contributed by atoms with van der Waals surface area (Å²) in [6.07, 6.45) is 9.64. The lowest BCUT2D eigenvalue weighted by Crippen LogP contribution is -2.23. The van der Waals surface area contributed by atoms with Crippen LogP contribution in [0.3, 0.4) is 0 Å². The van der Waals surface area contributed by atoms with Crippen molar-refractivity contribution in [1.82, 2.24) is 0 Å².